The minimum Gasteiger partial charge on any atom is -0.294 e. The average Bonchev–Trinajstić information content (AvgIpc) is 2.45. The van der Waals surface area contributed by atoms with E-state index in [1.54, 1.807) is 31.2 Å². The van der Waals surface area contributed by atoms with Crippen LogP contribution in [0.15, 0.2) is 47.4 Å². The summed E-state index contributed by atoms with van der Waals surface area (Å²) in [6.45, 7) is 5.60. The van der Waals surface area contributed by atoms with Crippen molar-refractivity contribution in [2.75, 3.05) is 4.72 Å². The van der Waals surface area contributed by atoms with Crippen LogP contribution in [0.4, 0.5) is 5.69 Å². The topological polar surface area (TPSA) is 63.2 Å². The van der Waals surface area contributed by atoms with Gasteiger partial charge in [0.1, 0.15) is 0 Å². The van der Waals surface area contributed by atoms with Gasteiger partial charge >= 0.3 is 0 Å². The lowest BCUT2D eigenvalue weighted by Crippen LogP contribution is -2.13. The maximum Gasteiger partial charge on any atom is 0.261 e. The second-order valence-electron chi connectivity index (χ2n) is 5.28. The molecule has 0 radical (unpaired) electrons. The summed E-state index contributed by atoms with van der Waals surface area (Å²) >= 11 is 0. The lowest BCUT2D eigenvalue weighted by atomic mass is 10.1. The molecule has 2 aromatic carbocycles. The van der Waals surface area contributed by atoms with E-state index in [-0.39, 0.29) is 10.7 Å². The molecule has 0 fully saturated rings. The third-order valence-electron chi connectivity index (χ3n) is 3.28. The van der Waals surface area contributed by atoms with Crippen LogP contribution in [0.2, 0.25) is 0 Å². The monoisotopic (exact) mass is 317 g/mol. The predicted octanol–water partition coefficient (Wildman–Crippen LogP) is 3.70. The Kier molecular flexibility index (Phi) is 4.66. The summed E-state index contributed by atoms with van der Waals surface area (Å²) in [6, 6.07) is 11.5. The summed E-state index contributed by atoms with van der Waals surface area (Å²) < 4.78 is 27.3. The smallest absolute Gasteiger partial charge is 0.261 e. The van der Waals surface area contributed by atoms with Crippen LogP contribution in [0, 0.1) is 13.8 Å². The second kappa shape index (κ2) is 6.32. The van der Waals surface area contributed by atoms with E-state index in [9.17, 15) is 13.2 Å². The number of anilines is 1. The molecule has 0 aliphatic heterocycles. The van der Waals surface area contributed by atoms with Gasteiger partial charge in [-0.3, -0.25) is 9.52 Å². The van der Waals surface area contributed by atoms with Crippen molar-refractivity contribution in [3.05, 3.63) is 59.2 Å². The van der Waals surface area contributed by atoms with Gasteiger partial charge in [-0.05, 0) is 49.2 Å². The lowest BCUT2D eigenvalue weighted by Gasteiger charge is -2.10. The molecule has 0 saturated carbocycles. The quantitative estimate of drug-likeness (QED) is 0.855. The van der Waals surface area contributed by atoms with E-state index in [0.717, 1.165) is 11.1 Å². The first-order valence-electron chi connectivity index (χ1n) is 7.06. The van der Waals surface area contributed by atoms with Crippen LogP contribution in [-0.2, 0) is 10.0 Å². The van der Waals surface area contributed by atoms with Crippen LogP contribution < -0.4 is 4.72 Å². The van der Waals surface area contributed by atoms with E-state index in [1.165, 1.54) is 12.1 Å². The van der Waals surface area contributed by atoms with E-state index in [0.29, 0.717) is 17.7 Å². The van der Waals surface area contributed by atoms with Crippen molar-refractivity contribution in [1.82, 2.24) is 0 Å². The molecular formula is C17H19NO3S. The third-order valence-corrected chi connectivity index (χ3v) is 4.68. The fourth-order valence-electron chi connectivity index (χ4n) is 2.27. The van der Waals surface area contributed by atoms with E-state index in [1.807, 2.05) is 19.9 Å². The number of sulfonamides is 1. The Bertz CT molecular complexity index is 773. The van der Waals surface area contributed by atoms with Gasteiger partial charge in [0.2, 0.25) is 0 Å². The fraction of sp³-hybridized carbons (Fsp3) is 0.235. The van der Waals surface area contributed by atoms with Gasteiger partial charge in [0, 0.05) is 17.7 Å². The van der Waals surface area contributed by atoms with Crippen molar-refractivity contribution in [2.24, 2.45) is 0 Å². The molecule has 0 amide bonds. The van der Waals surface area contributed by atoms with Crippen molar-refractivity contribution < 1.29 is 13.2 Å². The van der Waals surface area contributed by atoms with Gasteiger partial charge in [-0.25, -0.2) is 8.42 Å². The number of aryl methyl sites for hydroxylation is 2. The molecule has 0 aliphatic carbocycles. The third kappa shape index (κ3) is 3.74. The number of hydrogen-bond donors (Lipinski definition) is 1. The lowest BCUT2D eigenvalue weighted by molar-refractivity contribution is 0.0988. The SMILES string of the molecule is CCC(=O)c1ccc(S(=O)(=O)Nc2cc(C)cc(C)c2)cc1. The molecule has 0 unspecified atom stereocenters. The standard InChI is InChI=1S/C17H19NO3S/c1-4-17(19)14-5-7-16(8-6-14)22(20,21)18-15-10-12(2)9-13(3)11-15/h5-11,18H,4H2,1-3H3. The molecule has 2 aromatic rings. The molecule has 0 aliphatic rings. The van der Waals surface area contributed by atoms with Gasteiger partial charge in [-0.15, -0.1) is 0 Å². The van der Waals surface area contributed by atoms with E-state index in [2.05, 4.69) is 4.72 Å². The number of nitrogens with one attached hydrogen (secondary N) is 1. The molecule has 22 heavy (non-hydrogen) atoms. The van der Waals surface area contributed by atoms with Crippen LogP contribution in [0.5, 0.6) is 0 Å². The number of Topliss-reactive ketones (excluding diaryl/α,β-unsaturated/α-hetero) is 1. The van der Waals surface area contributed by atoms with Gasteiger partial charge in [0.15, 0.2) is 5.78 Å². The van der Waals surface area contributed by atoms with Crippen molar-refractivity contribution in [3.63, 3.8) is 0 Å². The largest absolute Gasteiger partial charge is 0.294 e. The molecule has 0 aromatic heterocycles. The predicted molar refractivity (Wildman–Crippen MR) is 87.8 cm³/mol. The van der Waals surface area contributed by atoms with Crippen LogP contribution in [-0.4, -0.2) is 14.2 Å². The van der Waals surface area contributed by atoms with E-state index < -0.39 is 10.0 Å². The van der Waals surface area contributed by atoms with E-state index >= 15 is 0 Å². The van der Waals surface area contributed by atoms with Crippen molar-refractivity contribution in [1.29, 1.82) is 0 Å². The summed E-state index contributed by atoms with van der Waals surface area (Å²) in [5.41, 5.74) is 3.03. The Morgan fingerprint density at radius 1 is 1.00 bits per heavy atom. The Morgan fingerprint density at radius 3 is 2.05 bits per heavy atom. The number of ketones is 1. The highest BCUT2D eigenvalue weighted by atomic mass is 32.2. The van der Waals surface area contributed by atoms with Crippen molar-refractivity contribution in [3.8, 4) is 0 Å². The highest BCUT2D eigenvalue weighted by Gasteiger charge is 2.15. The maximum atomic E-state index is 12.4. The Labute approximate surface area is 131 Å². The number of benzene rings is 2. The summed E-state index contributed by atoms with van der Waals surface area (Å²) in [5.74, 6) is -0.00813. The van der Waals surface area contributed by atoms with Crippen LogP contribution >= 0.6 is 0 Å². The summed E-state index contributed by atoms with van der Waals surface area (Å²) in [4.78, 5) is 11.7. The Hall–Kier alpha value is -2.14. The summed E-state index contributed by atoms with van der Waals surface area (Å²) in [7, 11) is -3.66. The number of hydrogen-bond acceptors (Lipinski definition) is 3. The molecule has 0 saturated heterocycles. The van der Waals surface area contributed by atoms with Gasteiger partial charge in [0.05, 0.1) is 4.90 Å². The normalized spacial score (nSPS) is 11.2. The van der Waals surface area contributed by atoms with E-state index in [4.69, 9.17) is 0 Å². The van der Waals surface area contributed by atoms with Crippen LogP contribution in [0.3, 0.4) is 0 Å². The molecule has 0 heterocycles. The zero-order valence-electron chi connectivity index (χ0n) is 12.9. The summed E-state index contributed by atoms with van der Waals surface area (Å²) in [5, 5.41) is 0. The molecule has 4 nitrogen and oxygen atoms in total. The minimum absolute atomic E-state index is 0.00813. The first kappa shape index (κ1) is 16.2. The molecule has 1 N–H and O–H groups in total. The number of carbonyl (C=O) groups excluding carboxylic acids is 1. The zero-order chi connectivity index (χ0) is 16.3. The van der Waals surface area contributed by atoms with Gasteiger partial charge < -0.3 is 0 Å². The Morgan fingerprint density at radius 2 is 1.55 bits per heavy atom. The highest BCUT2D eigenvalue weighted by molar-refractivity contribution is 7.92. The van der Waals surface area contributed by atoms with Gasteiger partial charge in [-0.1, -0.05) is 25.1 Å². The molecular weight excluding hydrogens is 298 g/mol. The molecule has 0 atom stereocenters. The Balaban J connectivity index is 2.28. The van der Waals surface area contributed by atoms with Crippen LogP contribution in [0.25, 0.3) is 0 Å². The maximum absolute atomic E-state index is 12.4. The number of carbonyl (C=O) groups is 1. The zero-order valence-corrected chi connectivity index (χ0v) is 13.7. The van der Waals surface area contributed by atoms with Crippen LogP contribution in [0.1, 0.15) is 34.8 Å². The molecule has 116 valence electrons. The molecule has 0 spiro atoms. The molecule has 0 bridgehead atoms. The minimum atomic E-state index is -3.66. The first-order chi connectivity index (χ1) is 10.3. The van der Waals surface area contributed by atoms with Crippen molar-refractivity contribution in [2.45, 2.75) is 32.1 Å². The number of rotatable bonds is 5. The highest BCUT2D eigenvalue weighted by Crippen LogP contribution is 2.19. The molecule has 2 rings (SSSR count). The average molecular weight is 317 g/mol. The second-order valence-corrected chi connectivity index (χ2v) is 6.97. The fourth-order valence-corrected chi connectivity index (χ4v) is 3.31. The van der Waals surface area contributed by atoms with Crippen molar-refractivity contribution >= 4 is 21.5 Å². The first-order valence-corrected chi connectivity index (χ1v) is 8.54. The summed E-state index contributed by atoms with van der Waals surface area (Å²) in [6.07, 6.45) is 0.396. The van der Waals surface area contributed by atoms with Gasteiger partial charge in [-0.2, -0.15) is 0 Å². The molecule has 5 heteroatoms. The van der Waals surface area contributed by atoms with Gasteiger partial charge in [0.25, 0.3) is 10.0 Å².